The number of thiazole rings is 1. The Kier molecular flexibility index (Phi) is 3.56. The van der Waals surface area contributed by atoms with Gasteiger partial charge in [-0.2, -0.15) is 0 Å². The third-order valence-electron chi connectivity index (χ3n) is 3.78. The largest absolute Gasteiger partial charge is 0.331 e. The van der Waals surface area contributed by atoms with Crippen LogP contribution in [0.15, 0.2) is 42.4 Å². The zero-order chi connectivity index (χ0) is 14.8. The van der Waals surface area contributed by atoms with Crippen LogP contribution in [0.4, 0.5) is 0 Å². The first-order chi connectivity index (χ1) is 10.9. The van der Waals surface area contributed by atoms with Gasteiger partial charge in [0.2, 0.25) is 0 Å². The van der Waals surface area contributed by atoms with Crippen LogP contribution in [-0.2, 0) is 13.1 Å². The van der Waals surface area contributed by atoms with E-state index in [9.17, 15) is 0 Å². The molecule has 1 aliphatic carbocycles. The topological polar surface area (TPSA) is 61.4 Å². The maximum absolute atomic E-state index is 4.64. The summed E-state index contributed by atoms with van der Waals surface area (Å²) in [7, 11) is 0. The van der Waals surface area contributed by atoms with E-state index in [-0.39, 0.29) is 0 Å². The Morgan fingerprint density at radius 1 is 1.23 bits per heavy atom. The van der Waals surface area contributed by atoms with E-state index in [0.29, 0.717) is 5.92 Å². The van der Waals surface area contributed by atoms with Gasteiger partial charge in [0.25, 0.3) is 0 Å². The molecule has 0 amide bonds. The summed E-state index contributed by atoms with van der Waals surface area (Å²) in [4.78, 5) is 8.69. The van der Waals surface area contributed by atoms with Gasteiger partial charge in [0.15, 0.2) is 0 Å². The maximum Gasteiger partial charge on any atom is 0.132 e. The molecule has 0 radical (unpaired) electrons. The summed E-state index contributed by atoms with van der Waals surface area (Å²) in [6, 6.07) is 0. The summed E-state index contributed by atoms with van der Waals surface area (Å²) < 4.78 is 3.94. The van der Waals surface area contributed by atoms with Gasteiger partial charge in [0, 0.05) is 24.3 Å². The quantitative estimate of drug-likeness (QED) is 0.679. The summed E-state index contributed by atoms with van der Waals surface area (Å²) in [6.45, 7) is 1.67. The highest BCUT2D eigenvalue weighted by Gasteiger charge is 2.14. The van der Waals surface area contributed by atoms with E-state index in [1.54, 1.807) is 23.9 Å². The second-order valence-corrected chi connectivity index (χ2v) is 6.44. The minimum absolute atomic E-state index is 0.654. The summed E-state index contributed by atoms with van der Waals surface area (Å²) >= 11 is 1.64. The van der Waals surface area contributed by atoms with Crippen molar-refractivity contribution in [1.82, 2.24) is 29.5 Å². The number of hydrogen-bond donors (Lipinski definition) is 0. The van der Waals surface area contributed by atoms with Crippen LogP contribution in [0.2, 0.25) is 0 Å². The molecule has 3 aromatic heterocycles. The average Bonchev–Trinajstić information content (AvgIpc) is 3.27. The molecule has 0 aliphatic heterocycles. The first-order valence-corrected chi connectivity index (χ1v) is 8.20. The van der Waals surface area contributed by atoms with Crippen molar-refractivity contribution in [2.75, 3.05) is 0 Å². The lowest BCUT2D eigenvalue weighted by Crippen LogP contribution is -2.08. The normalized spacial score (nSPS) is 14.9. The number of nitrogens with zero attached hydrogens (tertiary/aromatic N) is 6. The molecule has 0 unspecified atom stereocenters. The van der Waals surface area contributed by atoms with Crippen molar-refractivity contribution in [3.63, 3.8) is 0 Å². The second kappa shape index (κ2) is 5.84. The highest BCUT2D eigenvalue weighted by Crippen LogP contribution is 2.22. The van der Waals surface area contributed by atoms with E-state index in [1.165, 1.54) is 0 Å². The van der Waals surface area contributed by atoms with Gasteiger partial charge in [0.05, 0.1) is 19.1 Å². The van der Waals surface area contributed by atoms with Crippen LogP contribution in [0, 0.1) is 5.92 Å². The first-order valence-electron chi connectivity index (χ1n) is 7.32. The van der Waals surface area contributed by atoms with Crippen molar-refractivity contribution in [2.24, 2.45) is 5.92 Å². The molecule has 112 valence electrons. The Morgan fingerprint density at radius 2 is 2.14 bits per heavy atom. The number of hydrogen-bond acceptors (Lipinski definition) is 5. The molecule has 4 rings (SSSR count). The minimum atomic E-state index is 0.654. The van der Waals surface area contributed by atoms with Crippen molar-refractivity contribution < 1.29 is 0 Å². The third-order valence-corrected chi connectivity index (χ3v) is 4.61. The van der Waals surface area contributed by atoms with Crippen molar-refractivity contribution >= 4 is 11.3 Å². The van der Waals surface area contributed by atoms with Gasteiger partial charge in [-0.05, 0) is 18.8 Å². The number of allylic oxidation sites excluding steroid dienone is 2. The van der Waals surface area contributed by atoms with Crippen LogP contribution in [-0.4, -0.2) is 29.5 Å². The van der Waals surface area contributed by atoms with Crippen molar-refractivity contribution in [3.05, 3.63) is 47.5 Å². The van der Waals surface area contributed by atoms with Gasteiger partial charge >= 0.3 is 0 Å². The van der Waals surface area contributed by atoms with E-state index in [0.717, 1.165) is 42.3 Å². The van der Waals surface area contributed by atoms with Crippen LogP contribution >= 0.6 is 11.3 Å². The highest BCUT2D eigenvalue weighted by atomic mass is 32.1. The Hall–Kier alpha value is -2.28. The van der Waals surface area contributed by atoms with Gasteiger partial charge in [-0.1, -0.05) is 17.4 Å². The second-order valence-electron chi connectivity index (χ2n) is 5.50. The summed E-state index contributed by atoms with van der Waals surface area (Å²) in [5, 5.41) is 11.6. The van der Waals surface area contributed by atoms with E-state index in [4.69, 9.17) is 0 Å². The molecular weight excluding hydrogens is 296 g/mol. The van der Waals surface area contributed by atoms with E-state index in [2.05, 4.69) is 32.4 Å². The third kappa shape index (κ3) is 2.85. The van der Waals surface area contributed by atoms with Gasteiger partial charge in [-0.25, -0.2) is 9.97 Å². The predicted molar refractivity (Wildman–Crippen MR) is 84.3 cm³/mol. The fraction of sp³-hybridized carbons (Fsp3) is 0.333. The highest BCUT2D eigenvalue weighted by molar-refractivity contribution is 7.09. The SMILES string of the molecule is C1=CCC(Cn2cc(-c3csc(Cn4ccnc4)n3)nn2)C1. The van der Waals surface area contributed by atoms with Crippen molar-refractivity contribution in [2.45, 2.75) is 25.9 Å². The molecule has 6 nitrogen and oxygen atoms in total. The smallest absolute Gasteiger partial charge is 0.132 e. The van der Waals surface area contributed by atoms with E-state index in [1.807, 2.05) is 27.0 Å². The Bertz CT molecular complexity index is 762. The van der Waals surface area contributed by atoms with Crippen LogP contribution in [0.3, 0.4) is 0 Å². The molecule has 3 aromatic rings. The molecule has 3 heterocycles. The molecule has 22 heavy (non-hydrogen) atoms. The molecule has 0 N–H and O–H groups in total. The van der Waals surface area contributed by atoms with Gasteiger partial charge < -0.3 is 4.57 Å². The fourth-order valence-electron chi connectivity index (χ4n) is 2.63. The molecule has 0 saturated heterocycles. The molecule has 0 bridgehead atoms. The zero-order valence-electron chi connectivity index (χ0n) is 12.0. The van der Waals surface area contributed by atoms with Crippen molar-refractivity contribution in [1.29, 1.82) is 0 Å². The zero-order valence-corrected chi connectivity index (χ0v) is 12.9. The first kappa shape index (κ1) is 13.4. The molecule has 0 fully saturated rings. The van der Waals surface area contributed by atoms with Gasteiger partial charge in [-0.15, -0.1) is 16.4 Å². The lowest BCUT2D eigenvalue weighted by molar-refractivity contribution is 0.432. The monoisotopic (exact) mass is 312 g/mol. The van der Waals surface area contributed by atoms with E-state index < -0.39 is 0 Å². The number of rotatable bonds is 5. The molecular formula is C15H16N6S. The van der Waals surface area contributed by atoms with Gasteiger partial charge in [0.1, 0.15) is 16.4 Å². The Labute approximate surface area is 132 Å². The van der Waals surface area contributed by atoms with Gasteiger partial charge in [-0.3, -0.25) is 4.68 Å². The standard InChI is InChI=1S/C15H16N6S/c1-2-4-12(3-1)7-21-8-13(18-19-21)14-10-22-15(17-14)9-20-6-5-16-11-20/h1-2,5-6,8,10-12H,3-4,7,9H2. The number of imidazole rings is 1. The van der Waals surface area contributed by atoms with Crippen LogP contribution < -0.4 is 0 Å². The summed E-state index contributed by atoms with van der Waals surface area (Å²) in [5.74, 6) is 0.654. The summed E-state index contributed by atoms with van der Waals surface area (Å²) in [5.41, 5.74) is 1.75. The molecule has 0 spiro atoms. The predicted octanol–water partition coefficient (Wildman–Crippen LogP) is 2.61. The molecule has 7 heteroatoms. The Balaban J connectivity index is 1.45. The summed E-state index contributed by atoms with van der Waals surface area (Å²) in [6.07, 6.45) is 14.3. The maximum atomic E-state index is 4.64. The van der Waals surface area contributed by atoms with Crippen LogP contribution in [0.25, 0.3) is 11.4 Å². The fourth-order valence-corrected chi connectivity index (χ4v) is 3.43. The van der Waals surface area contributed by atoms with Crippen LogP contribution in [0.1, 0.15) is 17.8 Å². The lowest BCUT2D eigenvalue weighted by Gasteiger charge is -2.07. The Morgan fingerprint density at radius 3 is 2.95 bits per heavy atom. The van der Waals surface area contributed by atoms with Crippen LogP contribution in [0.5, 0.6) is 0 Å². The van der Waals surface area contributed by atoms with Crippen molar-refractivity contribution in [3.8, 4) is 11.4 Å². The number of aromatic nitrogens is 6. The molecule has 0 atom stereocenters. The average molecular weight is 312 g/mol. The molecule has 0 saturated carbocycles. The minimum Gasteiger partial charge on any atom is -0.331 e. The van der Waals surface area contributed by atoms with E-state index >= 15 is 0 Å². The molecule has 1 aliphatic rings. The molecule has 0 aromatic carbocycles. The lowest BCUT2D eigenvalue weighted by atomic mass is 10.1.